The van der Waals surface area contributed by atoms with Gasteiger partial charge in [0.05, 0.1) is 11.4 Å². The van der Waals surface area contributed by atoms with E-state index >= 15 is 0 Å². The van der Waals surface area contributed by atoms with Crippen molar-refractivity contribution in [2.75, 3.05) is 23.3 Å². The summed E-state index contributed by atoms with van der Waals surface area (Å²) in [6.07, 6.45) is 4.36. The van der Waals surface area contributed by atoms with Crippen LogP contribution in [0.5, 0.6) is 0 Å². The molecule has 2 heterocycles. The number of para-hydroxylation sites is 2. The monoisotopic (exact) mass is 378 g/mol. The van der Waals surface area contributed by atoms with Gasteiger partial charge < -0.3 is 15.2 Å². The molecule has 1 aliphatic rings. The number of pyridine rings is 1. The highest BCUT2D eigenvalue weighted by Crippen LogP contribution is 2.28. The van der Waals surface area contributed by atoms with Gasteiger partial charge in [-0.3, -0.25) is 9.59 Å². The molecule has 0 saturated carbocycles. The summed E-state index contributed by atoms with van der Waals surface area (Å²) < 4.78 is 0. The van der Waals surface area contributed by atoms with E-state index in [0.29, 0.717) is 17.7 Å². The Bertz CT molecular complexity index is 965. The molecule has 1 saturated heterocycles. The van der Waals surface area contributed by atoms with E-state index < -0.39 is 0 Å². The predicted molar refractivity (Wildman–Crippen MR) is 111 cm³/mol. The lowest BCUT2D eigenvalue weighted by molar-refractivity contribution is -0.116. The molecular weight excluding hydrogens is 352 g/mol. The quantitative estimate of drug-likeness (QED) is 0.834. The first kappa shape index (κ1) is 19.7. The second kappa shape index (κ2) is 8.75. The highest BCUT2D eigenvalue weighted by molar-refractivity contribution is 5.94. The third kappa shape index (κ3) is 4.25. The minimum Gasteiger partial charge on any atom is -0.370 e. The summed E-state index contributed by atoms with van der Waals surface area (Å²) in [6, 6.07) is 9.87. The number of H-pyrrole nitrogens is 1. The molecule has 1 amide bonds. The SMILES string of the molecule is Cc1[nH]c(=O)c(C#N)c(C)c1CCC(=O)Nc1ccccc1N1CCCCC1. The molecule has 2 N–H and O–H groups in total. The Balaban J connectivity index is 1.71. The summed E-state index contributed by atoms with van der Waals surface area (Å²) in [4.78, 5) is 29.5. The first-order valence-electron chi connectivity index (χ1n) is 9.77. The van der Waals surface area contributed by atoms with Gasteiger partial charge in [-0.2, -0.15) is 5.26 Å². The van der Waals surface area contributed by atoms with Crippen LogP contribution in [0, 0.1) is 25.2 Å². The zero-order valence-electron chi connectivity index (χ0n) is 16.5. The summed E-state index contributed by atoms with van der Waals surface area (Å²) in [5, 5.41) is 12.2. The number of anilines is 2. The lowest BCUT2D eigenvalue weighted by Crippen LogP contribution is -2.30. The summed E-state index contributed by atoms with van der Waals surface area (Å²) in [5.41, 5.74) is 3.88. The topological polar surface area (TPSA) is 89.0 Å². The number of piperidine rings is 1. The standard InChI is InChI=1S/C22H26N4O2/c1-15-17(16(2)24-22(28)18(15)14-23)10-11-21(27)25-19-8-4-5-9-20(19)26-12-6-3-7-13-26/h4-5,8-9H,3,6-7,10-13H2,1-2H3,(H,24,28)(H,25,27). The van der Waals surface area contributed by atoms with Gasteiger partial charge in [-0.15, -0.1) is 0 Å². The zero-order valence-corrected chi connectivity index (χ0v) is 16.5. The molecular formula is C22H26N4O2. The Morgan fingerprint density at radius 1 is 1.21 bits per heavy atom. The molecule has 6 heteroatoms. The fraction of sp³-hybridized carbons (Fsp3) is 0.409. The van der Waals surface area contributed by atoms with E-state index in [1.807, 2.05) is 24.3 Å². The van der Waals surface area contributed by atoms with Crippen molar-refractivity contribution in [2.24, 2.45) is 0 Å². The smallest absolute Gasteiger partial charge is 0.266 e. The van der Waals surface area contributed by atoms with Crippen LogP contribution >= 0.6 is 0 Å². The minimum absolute atomic E-state index is 0.0760. The van der Waals surface area contributed by atoms with Gasteiger partial charge in [0.25, 0.3) is 5.56 Å². The van der Waals surface area contributed by atoms with E-state index in [-0.39, 0.29) is 23.5 Å². The zero-order chi connectivity index (χ0) is 20.1. The van der Waals surface area contributed by atoms with Crippen molar-refractivity contribution < 1.29 is 4.79 Å². The molecule has 3 rings (SSSR count). The van der Waals surface area contributed by atoms with Crippen LogP contribution in [0.2, 0.25) is 0 Å². The van der Waals surface area contributed by atoms with E-state index in [0.717, 1.165) is 30.0 Å². The van der Waals surface area contributed by atoms with Crippen LogP contribution < -0.4 is 15.8 Å². The number of aryl methyl sites for hydroxylation is 1. The van der Waals surface area contributed by atoms with Crippen LogP contribution in [-0.4, -0.2) is 24.0 Å². The number of carbonyl (C=O) groups excluding carboxylic acids is 1. The second-order valence-electron chi connectivity index (χ2n) is 7.28. The maximum Gasteiger partial charge on any atom is 0.266 e. The number of aromatic amines is 1. The third-order valence-corrected chi connectivity index (χ3v) is 5.40. The Morgan fingerprint density at radius 3 is 2.64 bits per heavy atom. The Kier molecular flexibility index (Phi) is 6.15. The summed E-state index contributed by atoms with van der Waals surface area (Å²) >= 11 is 0. The number of nitrogens with zero attached hydrogens (tertiary/aromatic N) is 2. The fourth-order valence-electron chi connectivity index (χ4n) is 3.86. The van der Waals surface area contributed by atoms with Crippen LogP contribution in [-0.2, 0) is 11.2 Å². The van der Waals surface area contributed by atoms with Crippen molar-refractivity contribution in [2.45, 2.75) is 46.0 Å². The van der Waals surface area contributed by atoms with Crippen LogP contribution in [0.1, 0.15) is 48.1 Å². The number of amides is 1. The van der Waals surface area contributed by atoms with Crippen molar-refractivity contribution in [1.29, 1.82) is 5.26 Å². The van der Waals surface area contributed by atoms with Gasteiger partial charge >= 0.3 is 0 Å². The first-order chi connectivity index (χ1) is 13.5. The summed E-state index contributed by atoms with van der Waals surface area (Å²) in [7, 11) is 0. The number of nitriles is 1. The van der Waals surface area contributed by atoms with Gasteiger partial charge in [0.1, 0.15) is 11.6 Å². The van der Waals surface area contributed by atoms with E-state index in [4.69, 9.17) is 0 Å². The molecule has 2 aromatic rings. The van der Waals surface area contributed by atoms with Gasteiger partial charge in [-0.1, -0.05) is 12.1 Å². The Morgan fingerprint density at radius 2 is 1.93 bits per heavy atom. The molecule has 1 aromatic carbocycles. The Labute approximate surface area is 165 Å². The van der Waals surface area contributed by atoms with Crippen molar-refractivity contribution in [3.05, 3.63) is 57.0 Å². The van der Waals surface area contributed by atoms with E-state index in [1.54, 1.807) is 13.8 Å². The van der Waals surface area contributed by atoms with Crippen LogP contribution in [0.25, 0.3) is 0 Å². The number of carbonyl (C=O) groups is 1. The highest BCUT2D eigenvalue weighted by atomic mass is 16.1. The normalized spacial score (nSPS) is 13.8. The number of hydrogen-bond donors (Lipinski definition) is 2. The van der Waals surface area contributed by atoms with Crippen molar-refractivity contribution in [1.82, 2.24) is 4.98 Å². The highest BCUT2D eigenvalue weighted by Gasteiger charge is 2.17. The van der Waals surface area contributed by atoms with E-state index in [1.165, 1.54) is 19.3 Å². The molecule has 0 bridgehead atoms. The van der Waals surface area contributed by atoms with Gasteiger partial charge in [-0.05, 0) is 62.8 Å². The molecule has 0 spiro atoms. The largest absolute Gasteiger partial charge is 0.370 e. The van der Waals surface area contributed by atoms with Crippen molar-refractivity contribution in [3.63, 3.8) is 0 Å². The molecule has 0 unspecified atom stereocenters. The summed E-state index contributed by atoms with van der Waals surface area (Å²) in [6.45, 7) is 5.59. The van der Waals surface area contributed by atoms with Gasteiger partial charge in [0.15, 0.2) is 0 Å². The summed E-state index contributed by atoms with van der Waals surface area (Å²) in [5.74, 6) is -0.0760. The molecule has 0 radical (unpaired) electrons. The number of benzene rings is 1. The number of nitrogens with one attached hydrogen (secondary N) is 2. The lowest BCUT2D eigenvalue weighted by Gasteiger charge is -2.30. The fourth-order valence-corrected chi connectivity index (χ4v) is 3.86. The van der Waals surface area contributed by atoms with Crippen molar-refractivity contribution in [3.8, 4) is 6.07 Å². The molecule has 1 aliphatic heterocycles. The molecule has 0 atom stereocenters. The maximum atomic E-state index is 12.6. The third-order valence-electron chi connectivity index (χ3n) is 5.40. The lowest BCUT2D eigenvalue weighted by atomic mass is 9.99. The van der Waals surface area contributed by atoms with Crippen LogP contribution in [0.15, 0.2) is 29.1 Å². The predicted octanol–water partition coefficient (Wildman–Crippen LogP) is 3.43. The Hall–Kier alpha value is -3.07. The second-order valence-corrected chi connectivity index (χ2v) is 7.28. The van der Waals surface area contributed by atoms with Crippen LogP contribution in [0.4, 0.5) is 11.4 Å². The maximum absolute atomic E-state index is 12.6. The molecule has 0 aliphatic carbocycles. The van der Waals surface area contributed by atoms with E-state index in [2.05, 4.69) is 21.3 Å². The molecule has 6 nitrogen and oxygen atoms in total. The van der Waals surface area contributed by atoms with Crippen molar-refractivity contribution >= 4 is 17.3 Å². The van der Waals surface area contributed by atoms with Gasteiger partial charge in [0, 0.05) is 25.2 Å². The van der Waals surface area contributed by atoms with E-state index in [9.17, 15) is 14.9 Å². The molecule has 146 valence electrons. The number of aromatic nitrogens is 1. The number of rotatable bonds is 5. The van der Waals surface area contributed by atoms with Gasteiger partial charge in [0.2, 0.25) is 5.91 Å². The van der Waals surface area contributed by atoms with Gasteiger partial charge in [-0.25, -0.2) is 0 Å². The first-order valence-corrected chi connectivity index (χ1v) is 9.77. The average Bonchev–Trinajstić information content (AvgIpc) is 2.69. The van der Waals surface area contributed by atoms with Crippen LogP contribution in [0.3, 0.4) is 0 Å². The molecule has 28 heavy (non-hydrogen) atoms. The minimum atomic E-state index is -0.374. The molecule has 1 aromatic heterocycles. The average molecular weight is 378 g/mol. The molecule has 1 fully saturated rings. The number of hydrogen-bond acceptors (Lipinski definition) is 4.